The Kier molecular flexibility index (Phi) is 12.5. The molecule has 8 saturated carbocycles. The van der Waals surface area contributed by atoms with E-state index in [1.807, 2.05) is 0 Å². The fourth-order valence-electron chi connectivity index (χ4n) is 15.3. The van der Waals surface area contributed by atoms with Crippen LogP contribution in [0.2, 0.25) is 0 Å². The number of phenols is 2. The molecule has 0 spiro atoms. The quantitative estimate of drug-likeness (QED) is 0.132. The molecule has 8 aliphatic rings. The van der Waals surface area contributed by atoms with E-state index in [2.05, 4.69) is 134 Å². The van der Waals surface area contributed by atoms with Crippen LogP contribution in [0.5, 0.6) is 11.5 Å². The molecule has 8 fully saturated rings. The van der Waals surface area contributed by atoms with Gasteiger partial charge in [0.1, 0.15) is 11.5 Å². The molecule has 0 aliphatic heterocycles. The summed E-state index contributed by atoms with van der Waals surface area (Å²) in [5.41, 5.74) is 15.1. The molecule has 8 aliphatic carbocycles. The van der Waals surface area contributed by atoms with Crippen molar-refractivity contribution in [3.05, 3.63) is 127 Å². The third kappa shape index (κ3) is 8.24. The van der Waals surface area contributed by atoms with E-state index in [0.717, 1.165) is 80.3 Å². The Hall–Kier alpha value is -3.50. The SMILES string of the molecule is Cc1cc(-c2ccc(C(C)(C)C)cc2-c2cccc(-c3cc(C(C)(C)C)ccc3-c3cc(C)cc(C45CC6CC(CC(C6)C4)C5)c3O)n2)c(O)c(C23CC4CC(CC(C4)C2)C3)c1.[CH3-].[CH3-].[Hf]. The van der Waals surface area contributed by atoms with Gasteiger partial charge in [-0.05, 0) is 218 Å². The van der Waals surface area contributed by atoms with Crippen molar-refractivity contribution in [1.29, 1.82) is 0 Å². The number of aryl methyl sites for hydroxylation is 2. The molecule has 4 aromatic carbocycles. The Morgan fingerprint density at radius 3 is 1.08 bits per heavy atom. The maximum Gasteiger partial charge on any atom is 0.127 e. The first-order valence-electron chi connectivity index (χ1n) is 24.4. The minimum absolute atomic E-state index is 0. The first-order valence-corrected chi connectivity index (χ1v) is 24.4. The summed E-state index contributed by atoms with van der Waals surface area (Å²) in [6.45, 7) is 18.1. The van der Waals surface area contributed by atoms with Crippen molar-refractivity contribution in [2.45, 2.75) is 154 Å². The van der Waals surface area contributed by atoms with Crippen molar-refractivity contribution in [1.82, 2.24) is 4.98 Å². The van der Waals surface area contributed by atoms with Crippen molar-refractivity contribution >= 4 is 0 Å². The number of hydrogen-bond acceptors (Lipinski definition) is 3. The van der Waals surface area contributed by atoms with Crippen LogP contribution in [0.1, 0.15) is 152 Å². The van der Waals surface area contributed by atoms with E-state index in [1.54, 1.807) is 0 Å². The first kappa shape index (κ1) is 48.0. The second kappa shape index (κ2) is 16.9. The summed E-state index contributed by atoms with van der Waals surface area (Å²) in [7, 11) is 0. The molecular formula is C61H75HfNO2-2. The predicted octanol–water partition coefficient (Wildman–Crippen LogP) is 16.2. The molecule has 0 atom stereocenters. The summed E-state index contributed by atoms with van der Waals surface area (Å²) >= 11 is 0. The minimum Gasteiger partial charge on any atom is -0.507 e. The van der Waals surface area contributed by atoms with Gasteiger partial charge < -0.3 is 25.1 Å². The molecular weight excluding hydrogens is 957 g/mol. The Bertz CT molecular complexity index is 2370. The van der Waals surface area contributed by atoms with Gasteiger partial charge in [0.15, 0.2) is 0 Å². The van der Waals surface area contributed by atoms with Crippen LogP contribution < -0.4 is 0 Å². The molecule has 342 valence electrons. The summed E-state index contributed by atoms with van der Waals surface area (Å²) in [5, 5.41) is 25.2. The maximum absolute atomic E-state index is 12.6. The largest absolute Gasteiger partial charge is 0.507 e. The number of nitrogens with zero attached hydrogens (tertiary/aromatic N) is 1. The van der Waals surface area contributed by atoms with Gasteiger partial charge in [0.05, 0.1) is 11.4 Å². The normalized spacial score (nSPS) is 28.4. The molecule has 2 N–H and O–H groups in total. The van der Waals surface area contributed by atoms with E-state index in [-0.39, 0.29) is 62.4 Å². The Labute approximate surface area is 411 Å². The minimum atomic E-state index is -0.0742. The van der Waals surface area contributed by atoms with Gasteiger partial charge in [-0.1, -0.05) is 84.0 Å². The molecule has 0 saturated heterocycles. The molecule has 0 amide bonds. The first-order chi connectivity index (χ1) is 29.4. The smallest absolute Gasteiger partial charge is 0.127 e. The zero-order valence-electron chi connectivity index (χ0n) is 41.3. The number of aromatic nitrogens is 1. The van der Waals surface area contributed by atoms with Gasteiger partial charge in [0.2, 0.25) is 0 Å². The van der Waals surface area contributed by atoms with E-state index in [4.69, 9.17) is 4.98 Å². The second-order valence-electron chi connectivity index (χ2n) is 24.2. The fraction of sp³-hybridized carbons (Fsp3) is 0.492. The molecule has 65 heavy (non-hydrogen) atoms. The molecule has 4 heteroatoms. The molecule has 13 rings (SSSR count). The van der Waals surface area contributed by atoms with Gasteiger partial charge in [-0.25, -0.2) is 4.98 Å². The van der Waals surface area contributed by atoms with Crippen LogP contribution in [0.25, 0.3) is 44.8 Å². The van der Waals surface area contributed by atoms with Crippen molar-refractivity contribution in [3.63, 3.8) is 0 Å². The van der Waals surface area contributed by atoms with Gasteiger partial charge in [-0.15, -0.1) is 0 Å². The molecule has 1 heterocycles. The van der Waals surface area contributed by atoms with E-state index in [0.29, 0.717) is 11.5 Å². The van der Waals surface area contributed by atoms with Crippen LogP contribution in [0.3, 0.4) is 0 Å². The Morgan fingerprint density at radius 1 is 0.446 bits per heavy atom. The van der Waals surface area contributed by atoms with Crippen molar-refractivity contribution in [2.75, 3.05) is 0 Å². The third-order valence-corrected chi connectivity index (χ3v) is 17.4. The molecule has 8 bridgehead atoms. The van der Waals surface area contributed by atoms with Crippen LogP contribution in [0.15, 0.2) is 78.9 Å². The average Bonchev–Trinajstić information content (AvgIpc) is 3.20. The molecule has 0 radical (unpaired) electrons. The number of pyridine rings is 1. The predicted molar refractivity (Wildman–Crippen MR) is 269 cm³/mol. The fourth-order valence-corrected chi connectivity index (χ4v) is 15.3. The number of hydrogen-bond donors (Lipinski definition) is 2. The van der Waals surface area contributed by atoms with E-state index in [1.165, 1.54) is 110 Å². The van der Waals surface area contributed by atoms with E-state index < -0.39 is 0 Å². The van der Waals surface area contributed by atoms with E-state index >= 15 is 0 Å². The van der Waals surface area contributed by atoms with Crippen LogP contribution in [-0.2, 0) is 47.5 Å². The Balaban J connectivity index is 0.00000192. The standard InChI is InChI=1S/C59H69NO2.2CH3.Hf/c1-34-16-48(54(61)50(18-34)58-28-36-20-37(29-58)22-38(21-36)30-58)44-14-12-42(56(3,4)5)26-46(44)52-10-9-11-53(60-52)47-27-43(57(6,7)8)13-15-45(47)49-17-35(2)19-51(55(49)62)59-31-39-23-40(32-59)25-41(24-39)33-59;;;/h9-19,26-27,36-41,61-62H,20-25,28-33H2,1-8H3;2*1H3;/q;2*-1;. The van der Waals surface area contributed by atoms with E-state index in [9.17, 15) is 10.2 Å². The summed E-state index contributed by atoms with van der Waals surface area (Å²) in [5.74, 6) is 5.73. The number of phenolic OH excluding ortho intramolecular Hbond substituents is 2. The van der Waals surface area contributed by atoms with Crippen LogP contribution >= 0.6 is 0 Å². The third-order valence-electron chi connectivity index (χ3n) is 17.4. The average molecular weight is 1030 g/mol. The van der Waals surface area contributed by atoms with Crippen LogP contribution in [0.4, 0.5) is 0 Å². The summed E-state index contributed by atoms with van der Waals surface area (Å²) < 4.78 is 0. The second-order valence-corrected chi connectivity index (χ2v) is 24.2. The summed E-state index contributed by atoms with van der Waals surface area (Å²) in [6.07, 6.45) is 15.6. The topological polar surface area (TPSA) is 53.4 Å². The van der Waals surface area contributed by atoms with Gasteiger partial charge >= 0.3 is 0 Å². The number of rotatable bonds is 6. The summed E-state index contributed by atoms with van der Waals surface area (Å²) in [4.78, 5) is 5.63. The van der Waals surface area contributed by atoms with Crippen LogP contribution in [-0.4, -0.2) is 15.2 Å². The van der Waals surface area contributed by atoms with Crippen molar-refractivity contribution in [2.24, 2.45) is 35.5 Å². The molecule has 3 nitrogen and oxygen atoms in total. The zero-order chi connectivity index (χ0) is 43.1. The van der Waals surface area contributed by atoms with Crippen molar-refractivity contribution < 1.29 is 36.1 Å². The Morgan fingerprint density at radius 2 is 0.769 bits per heavy atom. The monoisotopic (exact) mass is 1030 g/mol. The van der Waals surface area contributed by atoms with Gasteiger partial charge in [-0.3, -0.25) is 0 Å². The molecule has 1 aromatic heterocycles. The molecule has 5 aromatic rings. The maximum atomic E-state index is 12.6. The van der Waals surface area contributed by atoms with Crippen molar-refractivity contribution in [3.8, 4) is 56.3 Å². The molecule has 0 unspecified atom stereocenters. The van der Waals surface area contributed by atoms with Crippen LogP contribution in [0, 0.1) is 64.2 Å². The zero-order valence-corrected chi connectivity index (χ0v) is 44.9. The van der Waals surface area contributed by atoms with Gasteiger partial charge in [-0.2, -0.15) is 0 Å². The van der Waals surface area contributed by atoms with Gasteiger partial charge in [0, 0.05) is 59.2 Å². The number of benzene rings is 4. The summed E-state index contributed by atoms with van der Waals surface area (Å²) in [6, 6.07) is 29.3. The number of aromatic hydroxyl groups is 2. The van der Waals surface area contributed by atoms with Gasteiger partial charge in [0.25, 0.3) is 0 Å².